The van der Waals surface area contributed by atoms with Gasteiger partial charge in [0.1, 0.15) is 13.1 Å². The number of carboxylic acid groups (broad SMARTS) is 1. The summed E-state index contributed by atoms with van der Waals surface area (Å²) >= 11 is 0. The summed E-state index contributed by atoms with van der Waals surface area (Å²) in [4.78, 5) is 20.7. The minimum atomic E-state index is -3.33. The van der Waals surface area contributed by atoms with Crippen molar-refractivity contribution in [2.24, 2.45) is 0 Å². The average Bonchev–Trinajstić information content (AvgIpc) is 2.16. The van der Waals surface area contributed by atoms with Gasteiger partial charge < -0.3 is 24.4 Å². The van der Waals surface area contributed by atoms with E-state index in [-0.39, 0.29) is 18.9 Å². The van der Waals surface area contributed by atoms with E-state index in [1.165, 1.54) is 0 Å². The summed E-state index contributed by atoms with van der Waals surface area (Å²) in [6, 6.07) is 0. The molecule has 0 aromatic carbocycles. The lowest BCUT2D eigenvalue weighted by atomic mass is 10.5. The highest BCUT2D eigenvalue weighted by molar-refractivity contribution is 7.57. The molecule has 1 rings (SSSR count). The number of aliphatic carboxylic acids is 1. The first-order valence-corrected chi connectivity index (χ1v) is 6.94. The zero-order chi connectivity index (χ0) is 11.3. The van der Waals surface area contributed by atoms with Crippen LogP contribution in [0.15, 0.2) is 0 Å². The standard InChI is InChI=1S/C8H16NO5P/c10-8(11)1-6-15(12,13)7-9-2-4-14-5-3-9/h1-7H2,(H,10,11)(H,12,13). The Kier molecular flexibility index (Phi) is 4.73. The second kappa shape index (κ2) is 5.61. The van der Waals surface area contributed by atoms with Gasteiger partial charge in [-0.05, 0) is 6.42 Å². The first-order chi connectivity index (χ1) is 6.99. The van der Waals surface area contributed by atoms with Crippen molar-refractivity contribution < 1.29 is 29.0 Å². The second-order valence-corrected chi connectivity index (χ2v) is 6.17. The highest BCUT2D eigenvalue weighted by atomic mass is 31.2. The van der Waals surface area contributed by atoms with Gasteiger partial charge in [-0.15, -0.1) is 0 Å². The molecule has 0 saturated carbocycles. The molecule has 1 unspecified atom stereocenters. The maximum Gasteiger partial charge on any atom is 0.253 e. The van der Waals surface area contributed by atoms with Gasteiger partial charge in [0, 0.05) is 12.1 Å². The van der Waals surface area contributed by atoms with Crippen LogP contribution in [0.1, 0.15) is 6.42 Å². The predicted molar refractivity (Wildman–Crippen MR) is 50.7 cm³/mol. The van der Waals surface area contributed by atoms with E-state index in [4.69, 9.17) is 4.74 Å². The quantitative estimate of drug-likeness (QED) is 0.506. The number of rotatable bonds is 5. The molecule has 7 heteroatoms. The number of hydrogen-bond acceptors (Lipinski definition) is 4. The molecule has 1 saturated heterocycles. The van der Waals surface area contributed by atoms with Crippen LogP contribution in [-0.4, -0.2) is 49.6 Å². The maximum absolute atomic E-state index is 11.6. The third-order valence-electron chi connectivity index (χ3n) is 2.34. The lowest BCUT2D eigenvalue weighted by Gasteiger charge is -2.25. The van der Waals surface area contributed by atoms with Crippen molar-refractivity contribution in [1.82, 2.24) is 0 Å². The molecule has 1 atom stereocenters. The van der Waals surface area contributed by atoms with Crippen LogP contribution in [0.5, 0.6) is 0 Å². The molecule has 2 N–H and O–H groups in total. The van der Waals surface area contributed by atoms with E-state index in [0.717, 1.165) is 4.90 Å². The highest BCUT2D eigenvalue weighted by Gasteiger charge is 2.26. The molecule has 0 radical (unpaired) electrons. The van der Waals surface area contributed by atoms with Crippen molar-refractivity contribution >= 4 is 13.3 Å². The largest absolute Gasteiger partial charge is 0.550 e. The average molecular weight is 237 g/mol. The van der Waals surface area contributed by atoms with E-state index in [0.29, 0.717) is 26.3 Å². The fourth-order valence-electron chi connectivity index (χ4n) is 1.51. The predicted octanol–water partition coefficient (Wildman–Crippen LogP) is -2.73. The van der Waals surface area contributed by atoms with E-state index >= 15 is 0 Å². The van der Waals surface area contributed by atoms with Crippen LogP contribution >= 0.6 is 7.37 Å². The van der Waals surface area contributed by atoms with Crippen molar-refractivity contribution in [3.8, 4) is 0 Å². The maximum atomic E-state index is 11.6. The molecule has 88 valence electrons. The van der Waals surface area contributed by atoms with Crippen LogP contribution in [0.25, 0.3) is 0 Å². The van der Waals surface area contributed by atoms with Crippen LogP contribution in [0, 0.1) is 0 Å². The topological polar surface area (TPSA) is 91.1 Å². The smallest absolute Gasteiger partial charge is 0.253 e. The van der Waals surface area contributed by atoms with Gasteiger partial charge in [-0.1, -0.05) is 0 Å². The number of carbonyl (C=O) groups is 1. The lowest BCUT2D eigenvalue weighted by molar-refractivity contribution is -0.897. The lowest BCUT2D eigenvalue weighted by Crippen LogP contribution is -3.13. The minimum absolute atomic E-state index is 0.129. The van der Waals surface area contributed by atoms with Gasteiger partial charge in [-0.2, -0.15) is 0 Å². The Hall–Kier alpha value is -0.420. The third kappa shape index (κ3) is 5.28. The van der Waals surface area contributed by atoms with E-state index in [2.05, 4.69) is 0 Å². The molecule has 1 fully saturated rings. The Morgan fingerprint density at radius 3 is 2.60 bits per heavy atom. The summed E-state index contributed by atoms with van der Waals surface area (Å²) in [6.07, 6.45) is -0.416. The summed E-state index contributed by atoms with van der Waals surface area (Å²) in [5, 5.41) is 10.2. The van der Waals surface area contributed by atoms with Gasteiger partial charge >= 0.3 is 0 Å². The first-order valence-electron chi connectivity index (χ1n) is 4.91. The number of carboxylic acids is 1. The summed E-state index contributed by atoms with van der Waals surface area (Å²) < 4.78 is 16.7. The number of nitrogens with one attached hydrogen (secondary N) is 1. The van der Waals surface area contributed by atoms with Crippen molar-refractivity contribution in [2.75, 3.05) is 38.8 Å². The summed E-state index contributed by atoms with van der Waals surface area (Å²) in [7, 11) is -3.33. The van der Waals surface area contributed by atoms with Crippen molar-refractivity contribution in [2.45, 2.75) is 6.42 Å². The second-order valence-electron chi connectivity index (χ2n) is 3.71. The van der Waals surface area contributed by atoms with Crippen LogP contribution in [0.4, 0.5) is 0 Å². The molecule has 15 heavy (non-hydrogen) atoms. The van der Waals surface area contributed by atoms with Gasteiger partial charge in [0.15, 0.2) is 6.29 Å². The van der Waals surface area contributed by atoms with E-state index in [1.807, 2.05) is 0 Å². The van der Waals surface area contributed by atoms with Crippen LogP contribution in [-0.2, 0) is 14.1 Å². The van der Waals surface area contributed by atoms with Gasteiger partial charge in [0.05, 0.1) is 13.2 Å². The van der Waals surface area contributed by atoms with Crippen molar-refractivity contribution in [3.05, 3.63) is 0 Å². The zero-order valence-electron chi connectivity index (χ0n) is 8.48. The Labute approximate surface area is 88.3 Å². The Bertz CT molecular complexity index is 264. The monoisotopic (exact) mass is 237 g/mol. The fraction of sp³-hybridized carbons (Fsp3) is 0.875. The van der Waals surface area contributed by atoms with Gasteiger partial charge in [0.2, 0.25) is 0 Å². The van der Waals surface area contributed by atoms with Gasteiger partial charge in [-0.3, -0.25) is 4.57 Å². The molecule has 1 aliphatic heterocycles. The molecular formula is C8H16NO5P. The van der Waals surface area contributed by atoms with Gasteiger partial charge in [0.25, 0.3) is 7.37 Å². The molecular weight excluding hydrogens is 221 g/mol. The van der Waals surface area contributed by atoms with Crippen molar-refractivity contribution in [1.29, 1.82) is 0 Å². The molecule has 0 aromatic rings. The van der Waals surface area contributed by atoms with Crippen LogP contribution < -0.4 is 10.0 Å². The van der Waals surface area contributed by atoms with E-state index < -0.39 is 13.3 Å². The Morgan fingerprint density at radius 1 is 1.47 bits per heavy atom. The molecule has 0 aromatic heterocycles. The molecule has 6 nitrogen and oxygen atoms in total. The van der Waals surface area contributed by atoms with Crippen LogP contribution in [0.2, 0.25) is 0 Å². The third-order valence-corrected chi connectivity index (χ3v) is 4.20. The molecule has 0 bridgehead atoms. The van der Waals surface area contributed by atoms with Crippen LogP contribution in [0.3, 0.4) is 0 Å². The molecule has 0 spiro atoms. The SMILES string of the molecule is O=C([O-])CCP(=O)(O)C[NH+]1CCOCC1. The first kappa shape index (κ1) is 12.6. The van der Waals surface area contributed by atoms with E-state index in [1.54, 1.807) is 0 Å². The summed E-state index contributed by atoms with van der Waals surface area (Å²) in [5.41, 5.74) is 0. The summed E-state index contributed by atoms with van der Waals surface area (Å²) in [5.74, 6) is -1.28. The molecule has 0 amide bonds. The zero-order valence-corrected chi connectivity index (χ0v) is 9.37. The number of carbonyl (C=O) groups excluding carboxylic acids is 1. The number of hydrogen-bond donors (Lipinski definition) is 2. The number of morpholine rings is 1. The number of quaternary nitrogens is 1. The fourth-order valence-corrected chi connectivity index (χ4v) is 3.22. The highest BCUT2D eigenvalue weighted by Crippen LogP contribution is 2.38. The summed E-state index contributed by atoms with van der Waals surface area (Å²) in [6.45, 7) is 2.59. The molecule has 0 aliphatic carbocycles. The molecule has 1 aliphatic rings. The van der Waals surface area contributed by atoms with Gasteiger partial charge in [-0.25, -0.2) is 0 Å². The number of ether oxygens (including phenoxy) is 1. The molecule has 1 heterocycles. The Morgan fingerprint density at radius 2 is 2.07 bits per heavy atom. The normalized spacial score (nSPS) is 22.2. The Balaban J connectivity index is 2.33. The van der Waals surface area contributed by atoms with Crippen molar-refractivity contribution in [3.63, 3.8) is 0 Å². The minimum Gasteiger partial charge on any atom is -0.550 e. The van der Waals surface area contributed by atoms with E-state index in [9.17, 15) is 19.4 Å².